The van der Waals surface area contributed by atoms with Gasteiger partial charge in [0.2, 0.25) is 0 Å². The van der Waals surface area contributed by atoms with Gasteiger partial charge in [-0.3, -0.25) is 14.9 Å². The SMILES string of the molecule is O=C(NCCNc1ncc([N+](=O)[O-])cc1Cl)c1ncccc1O. The van der Waals surface area contributed by atoms with Crippen LogP contribution in [0.15, 0.2) is 30.6 Å². The van der Waals surface area contributed by atoms with Crippen LogP contribution >= 0.6 is 11.6 Å². The van der Waals surface area contributed by atoms with Gasteiger partial charge in [-0.25, -0.2) is 9.97 Å². The summed E-state index contributed by atoms with van der Waals surface area (Å²) >= 11 is 5.87. The third-order valence-electron chi connectivity index (χ3n) is 2.74. The molecule has 10 heteroatoms. The Balaban J connectivity index is 1.85. The van der Waals surface area contributed by atoms with Crippen molar-refractivity contribution in [3.8, 4) is 5.75 Å². The number of pyridine rings is 2. The molecule has 2 heterocycles. The van der Waals surface area contributed by atoms with Gasteiger partial charge in [0.25, 0.3) is 11.6 Å². The van der Waals surface area contributed by atoms with Crippen LogP contribution < -0.4 is 10.6 Å². The average molecular weight is 338 g/mol. The number of anilines is 1. The number of nitro groups is 1. The summed E-state index contributed by atoms with van der Waals surface area (Å²) in [5.41, 5.74) is -0.279. The zero-order chi connectivity index (χ0) is 16.8. The predicted octanol–water partition coefficient (Wildman–Crippen LogP) is 1.59. The van der Waals surface area contributed by atoms with E-state index in [-0.39, 0.29) is 41.1 Å². The van der Waals surface area contributed by atoms with Crippen LogP contribution in [0, 0.1) is 10.1 Å². The van der Waals surface area contributed by atoms with Crippen LogP contribution in [0.25, 0.3) is 0 Å². The van der Waals surface area contributed by atoms with Gasteiger partial charge in [-0.05, 0) is 12.1 Å². The largest absolute Gasteiger partial charge is 0.505 e. The molecule has 2 aromatic rings. The van der Waals surface area contributed by atoms with Gasteiger partial charge in [0, 0.05) is 25.4 Å². The Morgan fingerprint density at radius 1 is 1.39 bits per heavy atom. The normalized spacial score (nSPS) is 10.1. The monoisotopic (exact) mass is 337 g/mol. The first-order valence-corrected chi connectivity index (χ1v) is 6.83. The molecular weight excluding hydrogens is 326 g/mol. The van der Waals surface area contributed by atoms with Crippen molar-refractivity contribution in [2.45, 2.75) is 0 Å². The van der Waals surface area contributed by atoms with Gasteiger partial charge in [0.1, 0.15) is 17.8 Å². The number of carbonyl (C=O) groups excluding carboxylic acids is 1. The average Bonchev–Trinajstić information content (AvgIpc) is 2.52. The molecule has 0 aliphatic heterocycles. The number of nitrogens with zero attached hydrogens (tertiary/aromatic N) is 3. The highest BCUT2D eigenvalue weighted by Gasteiger charge is 2.12. The van der Waals surface area contributed by atoms with E-state index in [1.165, 1.54) is 24.4 Å². The fourth-order valence-corrected chi connectivity index (χ4v) is 1.90. The molecule has 0 aliphatic carbocycles. The minimum atomic E-state index is -0.595. The molecule has 0 fully saturated rings. The van der Waals surface area contributed by atoms with E-state index in [0.717, 1.165) is 6.20 Å². The van der Waals surface area contributed by atoms with Gasteiger partial charge in [-0.15, -0.1) is 0 Å². The molecule has 23 heavy (non-hydrogen) atoms. The quantitative estimate of drug-likeness (QED) is 0.414. The number of carbonyl (C=O) groups is 1. The molecule has 1 amide bonds. The third-order valence-corrected chi connectivity index (χ3v) is 3.03. The van der Waals surface area contributed by atoms with E-state index in [2.05, 4.69) is 20.6 Å². The maximum atomic E-state index is 11.8. The number of aromatic hydroxyl groups is 1. The molecule has 3 N–H and O–H groups in total. The van der Waals surface area contributed by atoms with Crippen LogP contribution in [0.1, 0.15) is 10.5 Å². The summed E-state index contributed by atoms with van der Waals surface area (Å²) < 4.78 is 0. The van der Waals surface area contributed by atoms with E-state index in [9.17, 15) is 20.0 Å². The zero-order valence-electron chi connectivity index (χ0n) is 11.7. The summed E-state index contributed by atoms with van der Waals surface area (Å²) in [5.74, 6) is -0.460. The molecule has 2 aromatic heterocycles. The smallest absolute Gasteiger partial charge is 0.289 e. The van der Waals surface area contributed by atoms with Gasteiger partial charge in [-0.2, -0.15) is 0 Å². The first-order valence-electron chi connectivity index (χ1n) is 6.45. The highest BCUT2D eigenvalue weighted by molar-refractivity contribution is 6.33. The molecule has 0 aromatic carbocycles. The van der Waals surface area contributed by atoms with E-state index in [4.69, 9.17) is 11.6 Å². The Bertz CT molecular complexity index is 740. The molecule has 0 saturated heterocycles. The summed E-state index contributed by atoms with van der Waals surface area (Å²) in [5, 5.41) is 25.6. The second kappa shape index (κ2) is 7.36. The number of halogens is 1. The molecule has 0 atom stereocenters. The van der Waals surface area contributed by atoms with E-state index in [0.29, 0.717) is 0 Å². The number of aromatic nitrogens is 2. The highest BCUT2D eigenvalue weighted by Crippen LogP contribution is 2.23. The standard InChI is InChI=1S/C13H12ClN5O4/c14-9-6-8(19(22)23)7-18-12(9)16-4-5-17-13(21)11-10(20)2-1-3-15-11/h1-3,6-7,20H,4-5H2,(H,16,18)(H,17,21). The van der Waals surface area contributed by atoms with Crippen molar-refractivity contribution in [1.82, 2.24) is 15.3 Å². The first-order chi connectivity index (χ1) is 11.0. The summed E-state index contributed by atoms with van der Waals surface area (Å²) in [6, 6.07) is 4.05. The molecule has 0 bridgehead atoms. The maximum Gasteiger partial charge on any atom is 0.289 e. The Labute approximate surface area is 135 Å². The lowest BCUT2D eigenvalue weighted by atomic mass is 10.3. The number of nitrogens with one attached hydrogen (secondary N) is 2. The van der Waals surface area contributed by atoms with E-state index in [1.807, 2.05) is 0 Å². The van der Waals surface area contributed by atoms with Crippen LogP contribution in [0.3, 0.4) is 0 Å². The van der Waals surface area contributed by atoms with Crippen LogP contribution in [0.4, 0.5) is 11.5 Å². The van der Waals surface area contributed by atoms with Crippen molar-refractivity contribution < 1.29 is 14.8 Å². The lowest BCUT2D eigenvalue weighted by molar-refractivity contribution is -0.385. The Kier molecular flexibility index (Phi) is 5.26. The lowest BCUT2D eigenvalue weighted by Crippen LogP contribution is -2.29. The summed E-state index contributed by atoms with van der Waals surface area (Å²) in [7, 11) is 0. The lowest BCUT2D eigenvalue weighted by Gasteiger charge is -2.08. The number of amides is 1. The second-order valence-electron chi connectivity index (χ2n) is 4.33. The van der Waals surface area contributed by atoms with Crippen molar-refractivity contribution in [1.29, 1.82) is 0 Å². The summed E-state index contributed by atoms with van der Waals surface area (Å²) in [6.45, 7) is 0.494. The second-order valence-corrected chi connectivity index (χ2v) is 4.74. The van der Waals surface area contributed by atoms with Crippen LogP contribution in [-0.4, -0.2) is 39.0 Å². The van der Waals surface area contributed by atoms with E-state index in [1.54, 1.807) is 0 Å². The van der Waals surface area contributed by atoms with Gasteiger partial charge < -0.3 is 15.7 Å². The molecule has 9 nitrogen and oxygen atoms in total. The Morgan fingerprint density at radius 2 is 2.17 bits per heavy atom. The molecule has 2 rings (SSSR count). The maximum absolute atomic E-state index is 11.8. The highest BCUT2D eigenvalue weighted by atomic mass is 35.5. The van der Waals surface area contributed by atoms with E-state index >= 15 is 0 Å². The number of rotatable bonds is 6. The predicted molar refractivity (Wildman–Crippen MR) is 82.6 cm³/mol. The molecule has 120 valence electrons. The topological polar surface area (TPSA) is 130 Å². The molecule has 0 saturated carbocycles. The van der Waals surface area contributed by atoms with Crippen molar-refractivity contribution in [2.24, 2.45) is 0 Å². The fourth-order valence-electron chi connectivity index (χ4n) is 1.67. The Hall–Kier alpha value is -2.94. The van der Waals surface area contributed by atoms with Gasteiger partial charge >= 0.3 is 0 Å². The minimum absolute atomic E-state index is 0.0704. The molecule has 0 spiro atoms. The number of hydrogen-bond acceptors (Lipinski definition) is 7. The molecule has 0 radical (unpaired) electrons. The molecule has 0 aliphatic rings. The zero-order valence-corrected chi connectivity index (χ0v) is 12.4. The van der Waals surface area contributed by atoms with Crippen molar-refractivity contribution in [2.75, 3.05) is 18.4 Å². The number of hydrogen-bond donors (Lipinski definition) is 3. The molecular formula is C13H12ClN5O4. The van der Waals surface area contributed by atoms with Crippen LogP contribution in [-0.2, 0) is 0 Å². The van der Waals surface area contributed by atoms with Crippen molar-refractivity contribution in [3.63, 3.8) is 0 Å². The Morgan fingerprint density at radius 3 is 2.83 bits per heavy atom. The van der Waals surface area contributed by atoms with Gasteiger partial charge in [-0.1, -0.05) is 11.6 Å². The minimum Gasteiger partial charge on any atom is -0.505 e. The van der Waals surface area contributed by atoms with Gasteiger partial charge in [0.15, 0.2) is 5.69 Å². The van der Waals surface area contributed by atoms with E-state index < -0.39 is 10.8 Å². The summed E-state index contributed by atoms with van der Waals surface area (Å²) in [4.78, 5) is 29.4. The first kappa shape index (κ1) is 16.4. The molecule has 0 unspecified atom stereocenters. The van der Waals surface area contributed by atoms with Crippen molar-refractivity contribution in [3.05, 3.63) is 51.4 Å². The van der Waals surface area contributed by atoms with Gasteiger partial charge in [0.05, 0.1) is 9.95 Å². The summed E-state index contributed by atoms with van der Waals surface area (Å²) in [6.07, 6.45) is 2.48. The van der Waals surface area contributed by atoms with Crippen LogP contribution in [0.5, 0.6) is 5.75 Å². The van der Waals surface area contributed by atoms with Crippen molar-refractivity contribution >= 4 is 29.0 Å². The fraction of sp³-hybridized carbons (Fsp3) is 0.154. The third kappa shape index (κ3) is 4.27. The van der Waals surface area contributed by atoms with Crippen LogP contribution in [0.2, 0.25) is 5.02 Å².